The maximum Gasteiger partial charge on any atom is 0.281 e. The van der Waals surface area contributed by atoms with Crippen LogP contribution < -0.4 is 5.73 Å². The molecule has 18 heavy (non-hydrogen) atoms. The monoisotopic (exact) mass is 272 g/mol. The van der Waals surface area contributed by atoms with Crippen LogP contribution in [0.15, 0.2) is 24.5 Å². The molecule has 0 fully saturated rings. The molecule has 1 aromatic rings. The van der Waals surface area contributed by atoms with Gasteiger partial charge in [-0.15, -0.1) is 0 Å². The van der Waals surface area contributed by atoms with E-state index in [-0.39, 0.29) is 0 Å². The minimum atomic E-state index is -3.42. The number of rotatable bonds is 7. The predicted molar refractivity (Wildman–Crippen MR) is 70.9 cm³/mol. The topological polar surface area (TPSA) is 79.5 Å². The number of nitrogens with zero attached hydrogens (tertiary/aromatic N) is 3. The molecule has 2 N–H and O–H groups in total. The summed E-state index contributed by atoms with van der Waals surface area (Å²) >= 11 is 0. The van der Waals surface area contributed by atoms with E-state index < -0.39 is 10.2 Å². The maximum atomic E-state index is 12.1. The molecule has 0 aliphatic heterocycles. The summed E-state index contributed by atoms with van der Waals surface area (Å²) in [6.45, 7) is 1.24. The molecule has 6 nitrogen and oxygen atoms in total. The normalized spacial score (nSPS) is 12.3. The fraction of sp³-hybridized carbons (Fsp3) is 0.545. The Kier molecular flexibility index (Phi) is 5.67. The molecule has 102 valence electrons. The first kappa shape index (κ1) is 15.0. The molecule has 0 unspecified atom stereocenters. The molecule has 0 saturated heterocycles. The van der Waals surface area contributed by atoms with Gasteiger partial charge < -0.3 is 5.73 Å². The summed E-state index contributed by atoms with van der Waals surface area (Å²) < 4.78 is 26.9. The van der Waals surface area contributed by atoms with E-state index in [2.05, 4.69) is 4.98 Å². The minimum absolute atomic E-state index is 0.331. The molecule has 0 atom stereocenters. The lowest BCUT2D eigenvalue weighted by atomic mass is 10.3. The van der Waals surface area contributed by atoms with Crippen LogP contribution in [0.3, 0.4) is 0 Å². The average Bonchev–Trinajstić information content (AvgIpc) is 2.36. The Morgan fingerprint density at radius 2 is 1.83 bits per heavy atom. The van der Waals surface area contributed by atoms with Crippen molar-refractivity contribution in [2.75, 3.05) is 27.2 Å². The Labute approximate surface area is 109 Å². The van der Waals surface area contributed by atoms with Gasteiger partial charge in [0.25, 0.3) is 10.2 Å². The van der Waals surface area contributed by atoms with Crippen LogP contribution in [-0.4, -0.2) is 49.2 Å². The molecular weight excluding hydrogens is 252 g/mol. The van der Waals surface area contributed by atoms with E-state index in [9.17, 15) is 8.42 Å². The molecule has 0 saturated carbocycles. The molecular formula is C11H20N4O2S. The van der Waals surface area contributed by atoms with Crippen molar-refractivity contribution in [3.8, 4) is 0 Å². The SMILES string of the molecule is CN(CCCN)S(=O)(=O)N(C)Cc1ccncc1. The second-order valence-corrected chi connectivity index (χ2v) is 6.23. The van der Waals surface area contributed by atoms with Gasteiger partial charge in [-0.05, 0) is 30.7 Å². The number of aromatic nitrogens is 1. The Hall–Kier alpha value is -1.02. The number of pyridine rings is 1. The smallest absolute Gasteiger partial charge is 0.281 e. The molecule has 1 heterocycles. The van der Waals surface area contributed by atoms with Gasteiger partial charge in [0.15, 0.2) is 0 Å². The molecule has 1 aromatic heterocycles. The molecule has 7 heteroatoms. The summed E-state index contributed by atoms with van der Waals surface area (Å²) in [5, 5.41) is 0. The molecule has 0 spiro atoms. The zero-order valence-electron chi connectivity index (χ0n) is 10.8. The first-order chi connectivity index (χ1) is 8.48. The van der Waals surface area contributed by atoms with E-state index >= 15 is 0 Å². The van der Waals surface area contributed by atoms with E-state index in [1.807, 2.05) is 0 Å². The third-order valence-electron chi connectivity index (χ3n) is 2.62. The Morgan fingerprint density at radius 3 is 2.39 bits per heavy atom. The van der Waals surface area contributed by atoms with Gasteiger partial charge in [-0.2, -0.15) is 17.0 Å². The van der Waals surface area contributed by atoms with Gasteiger partial charge >= 0.3 is 0 Å². The lowest BCUT2D eigenvalue weighted by Gasteiger charge is -2.24. The highest BCUT2D eigenvalue weighted by molar-refractivity contribution is 7.86. The molecule has 0 aliphatic rings. The van der Waals surface area contributed by atoms with Crippen LogP contribution in [0.5, 0.6) is 0 Å². The molecule has 0 aromatic carbocycles. The van der Waals surface area contributed by atoms with Crippen molar-refractivity contribution in [1.29, 1.82) is 0 Å². The number of hydrogen-bond acceptors (Lipinski definition) is 4. The zero-order chi connectivity index (χ0) is 13.6. The van der Waals surface area contributed by atoms with E-state index in [4.69, 9.17) is 5.73 Å². The Balaban J connectivity index is 2.67. The molecule has 0 amide bonds. The highest BCUT2D eigenvalue weighted by Crippen LogP contribution is 2.09. The second-order valence-electron chi connectivity index (χ2n) is 4.08. The van der Waals surface area contributed by atoms with Gasteiger partial charge in [-0.1, -0.05) is 0 Å². The van der Waals surface area contributed by atoms with Crippen molar-refractivity contribution in [3.05, 3.63) is 30.1 Å². The quantitative estimate of drug-likeness (QED) is 0.760. The summed E-state index contributed by atoms with van der Waals surface area (Å²) in [7, 11) is -0.291. The Bertz CT molecular complexity index is 449. The van der Waals surface area contributed by atoms with Gasteiger partial charge in [0.2, 0.25) is 0 Å². The largest absolute Gasteiger partial charge is 0.330 e. The molecule has 1 rings (SSSR count). The first-order valence-corrected chi connectivity index (χ1v) is 7.14. The summed E-state index contributed by atoms with van der Waals surface area (Å²) in [4.78, 5) is 3.90. The highest BCUT2D eigenvalue weighted by atomic mass is 32.2. The van der Waals surface area contributed by atoms with Crippen molar-refractivity contribution in [1.82, 2.24) is 13.6 Å². The van der Waals surface area contributed by atoms with Crippen molar-refractivity contribution in [2.24, 2.45) is 5.73 Å². The molecule has 0 bridgehead atoms. The van der Waals surface area contributed by atoms with Gasteiger partial charge in [0.05, 0.1) is 0 Å². The van der Waals surface area contributed by atoms with E-state index in [0.29, 0.717) is 26.1 Å². The number of hydrogen-bond donors (Lipinski definition) is 1. The standard InChI is InChI=1S/C11H20N4O2S/c1-14(9-3-6-12)18(16,17)15(2)10-11-4-7-13-8-5-11/h4-5,7-8H,3,6,9-10,12H2,1-2H3. The van der Waals surface area contributed by atoms with Crippen molar-refractivity contribution < 1.29 is 8.42 Å². The van der Waals surface area contributed by atoms with Crippen LogP contribution >= 0.6 is 0 Å². The van der Waals surface area contributed by atoms with Crippen LogP contribution in [0, 0.1) is 0 Å². The zero-order valence-corrected chi connectivity index (χ0v) is 11.6. The lowest BCUT2D eigenvalue weighted by Crippen LogP contribution is -2.40. The molecule has 0 aliphatic carbocycles. The average molecular weight is 272 g/mol. The summed E-state index contributed by atoms with van der Waals surface area (Å²) in [6, 6.07) is 3.60. The van der Waals surface area contributed by atoms with Gasteiger partial charge in [0.1, 0.15) is 0 Å². The number of nitrogens with two attached hydrogens (primary N) is 1. The van der Waals surface area contributed by atoms with Crippen molar-refractivity contribution in [3.63, 3.8) is 0 Å². The van der Waals surface area contributed by atoms with Crippen LogP contribution in [0.25, 0.3) is 0 Å². The first-order valence-electron chi connectivity index (χ1n) is 5.75. The van der Waals surface area contributed by atoms with Crippen molar-refractivity contribution in [2.45, 2.75) is 13.0 Å². The lowest BCUT2D eigenvalue weighted by molar-refractivity contribution is 0.387. The van der Waals surface area contributed by atoms with Crippen LogP contribution in [0.4, 0.5) is 0 Å². The predicted octanol–water partition coefficient (Wildman–Crippen LogP) is 0.0388. The molecule has 0 radical (unpaired) electrons. The van der Waals surface area contributed by atoms with E-state index in [1.165, 1.54) is 8.61 Å². The van der Waals surface area contributed by atoms with Crippen LogP contribution in [0.2, 0.25) is 0 Å². The fourth-order valence-corrected chi connectivity index (χ4v) is 2.64. The highest BCUT2D eigenvalue weighted by Gasteiger charge is 2.22. The minimum Gasteiger partial charge on any atom is -0.330 e. The van der Waals surface area contributed by atoms with E-state index in [1.54, 1.807) is 38.6 Å². The maximum absolute atomic E-state index is 12.1. The van der Waals surface area contributed by atoms with E-state index in [0.717, 1.165) is 5.56 Å². The summed E-state index contributed by atoms with van der Waals surface area (Å²) in [6.07, 6.45) is 3.95. The third-order valence-corrected chi connectivity index (χ3v) is 4.51. The van der Waals surface area contributed by atoms with Crippen molar-refractivity contribution >= 4 is 10.2 Å². The fourth-order valence-electron chi connectivity index (χ4n) is 1.49. The van der Waals surface area contributed by atoms with Crippen LogP contribution in [-0.2, 0) is 16.8 Å². The third kappa shape index (κ3) is 4.02. The summed E-state index contributed by atoms with van der Waals surface area (Å²) in [5.74, 6) is 0. The van der Waals surface area contributed by atoms with Gasteiger partial charge in [-0.25, -0.2) is 0 Å². The Morgan fingerprint density at radius 1 is 1.22 bits per heavy atom. The van der Waals surface area contributed by atoms with Gasteiger partial charge in [-0.3, -0.25) is 4.98 Å². The van der Waals surface area contributed by atoms with Gasteiger partial charge in [0, 0.05) is 39.6 Å². The van der Waals surface area contributed by atoms with Crippen LogP contribution in [0.1, 0.15) is 12.0 Å². The summed E-state index contributed by atoms with van der Waals surface area (Å²) in [5.41, 5.74) is 6.28. The second kappa shape index (κ2) is 6.79.